The minimum absolute atomic E-state index is 0.117. The van der Waals surface area contributed by atoms with Crippen molar-refractivity contribution in [3.05, 3.63) is 47.3 Å². The number of amides is 1. The highest BCUT2D eigenvalue weighted by atomic mass is 19.1. The normalized spacial score (nSPS) is 17.9. The summed E-state index contributed by atoms with van der Waals surface area (Å²) in [7, 11) is 0. The first-order chi connectivity index (χ1) is 9.56. The third-order valence-electron chi connectivity index (χ3n) is 3.72. The zero-order valence-corrected chi connectivity index (χ0v) is 10.9. The highest BCUT2D eigenvalue weighted by molar-refractivity contribution is 5.65. The lowest BCUT2D eigenvalue weighted by molar-refractivity contribution is 0.191. The summed E-state index contributed by atoms with van der Waals surface area (Å²) >= 11 is 0. The number of benzene rings is 1. The number of nitriles is 1. The maximum atomic E-state index is 13.5. The molecule has 1 amide bonds. The minimum atomic E-state index is -1.09. The van der Waals surface area contributed by atoms with Crippen LogP contribution in [0.1, 0.15) is 35.4 Å². The van der Waals surface area contributed by atoms with Crippen molar-refractivity contribution in [1.29, 1.82) is 5.26 Å². The third kappa shape index (κ3) is 2.64. The Morgan fingerprint density at radius 3 is 3.05 bits per heavy atom. The quantitative estimate of drug-likeness (QED) is 0.829. The molecule has 0 saturated carbocycles. The van der Waals surface area contributed by atoms with E-state index in [2.05, 4.69) is 11.9 Å². The predicted molar refractivity (Wildman–Crippen MR) is 71.9 cm³/mol. The summed E-state index contributed by atoms with van der Waals surface area (Å²) < 4.78 is 13.5. The van der Waals surface area contributed by atoms with E-state index in [1.165, 1.54) is 6.07 Å². The van der Waals surface area contributed by atoms with Gasteiger partial charge in [-0.05, 0) is 42.4 Å². The average molecular weight is 274 g/mol. The van der Waals surface area contributed by atoms with Gasteiger partial charge in [0.1, 0.15) is 11.9 Å². The molecule has 0 aliphatic heterocycles. The van der Waals surface area contributed by atoms with Crippen LogP contribution in [0.15, 0.2) is 24.8 Å². The zero-order chi connectivity index (χ0) is 14.7. The van der Waals surface area contributed by atoms with Crippen molar-refractivity contribution in [3.63, 3.8) is 0 Å². The van der Waals surface area contributed by atoms with Crippen LogP contribution in [0.3, 0.4) is 0 Å². The van der Waals surface area contributed by atoms with Crippen LogP contribution in [0.2, 0.25) is 0 Å². The first-order valence-electron chi connectivity index (χ1n) is 6.40. The average Bonchev–Trinajstić information content (AvgIpc) is 2.80. The molecule has 5 heteroatoms. The Morgan fingerprint density at radius 1 is 1.70 bits per heavy atom. The molecule has 104 valence electrons. The fourth-order valence-electron chi connectivity index (χ4n) is 2.81. The molecular formula is C15H15FN2O2. The molecule has 2 rings (SSSR count). The molecule has 1 aromatic rings. The fraction of sp³-hybridized carbons (Fsp3) is 0.333. The van der Waals surface area contributed by atoms with E-state index in [1.54, 1.807) is 12.1 Å². The van der Waals surface area contributed by atoms with Gasteiger partial charge in [-0.1, -0.05) is 12.1 Å². The summed E-state index contributed by atoms with van der Waals surface area (Å²) in [5, 5.41) is 20.2. The Morgan fingerprint density at radius 2 is 2.45 bits per heavy atom. The van der Waals surface area contributed by atoms with Gasteiger partial charge in [0.25, 0.3) is 0 Å². The van der Waals surface area contributed by atoms with Crippen LogP contribution in [-0.4, -0.2) is 17.2 Å². The molecule has 0 radical (unpaired) electrons. The number of carbonyl (C=O) groups is 1. The van der Waals surface area contributed by atoms with Gasteiger partial charge >= 0.3 is 6.09 Å². The van der Waals surface area contributed by atoms with Crippen LogP contribution < -0.4 is 5.32 Å². The summed E-state index contributed by atoms with van der Waals surface area (Å²) in [6, 6.07) is 4.57. The molecule has 0 bridgehead atoms. The number of nitrogens with zero attached hydrogens (tertiary/aromatic N) is 1. The van der Waals surface area contributed by atoms with Crippen molar-refractivity contribution in [2.45, 2.75) is 31.2 Å². The third-order valence-corrected chi connectivity index (χ3v) is 3.72. The first kappa shape index (κ1) is 14.1. The Labute approximate surface area is 116 Å². The molecule has 0 fully saturated rings. The van der Waals surface area contributed by atoms with Crippen LogP contribution in [0.4, 0.5) is 9.18 Å². The topological polar surface area (TPSA) is 73.1 Å². The summed E-state index contributed by atoms with van der Waals surface area (Å²) in [6.07, 6.45) is 2.47. The lowest BCUT2D eigenvalue weighted by Gasteiger charge is -2.18. The predicted octanol–water partition coefficient (Wildman–Crippen LogP) is 2.94. The standard InChI is InChI=1S/C15H15FN2O2/c1-2-10(18-15(19)20)7-9-3-4-12-11(9)5-6-14(16)13(12)8-17/h2,5-6,9-10,18H,1,3-4,7H2,(H,19,20). The van der Waals surface area contributed by atoms with Gasteiger partial charge in [-0.15, -0.1) is 6.58 Å². The second-order valence-corrected chi connectivity index (χ2v) is 4.86. The second kappa shape index (κ2) is 5.74. The van der Waals surface area contributed by atoms with E-state index in [4.69, 9.17) is 10.4 Å². The number of hydrogen-bond donors (Lipinski definition) is 2. The molecule has 4 nitrogen and oxygen atoms in total. The molecule has 0 saturated heterocycles. The van der Waals surface area contributed by atoms with Crippen LogP contribution >= 0.6 is 0 Å². The molecule has 2 atom stereocenters. The number of halogens is 1. The second-order valence-electron chi connectivity index (χ2n) is 4.86. The summed E-state index contributed by atoms with van der Waals surface area (Å²) in [4.78, 5) is 10.7. The molecular weight excluding hydrogens is 259 g/mol. The Bertz CT molecular complexity index is 592. The van der Waals surface area contributed by atoms with Gasteiger partial charge in [0.15, 0.2) is 0 Å². The maximum Gasteiger partial charge on any atom is 0.405 e. The Balaban J connectivity index is 2.22. The van der Waals surface area contributed by atoms with Gasteiger partial charge in [0, 0.05) is 0 Å². The van der Waals surface area contributed by atoms with Crippen LogP contribution in [-0.2, 0) is 6.42 Å². The van der Waals surface area contributed by atoms with Crippen LogP contribution in [0.25, 0.3) is 0 Å². The van der Waals surface area contributed by atoms with E-state index in [1.807, 2.05) is 6.07 Å². The number of hydrogen-bond acceptors (Lipinski definition) is 2. The zero-order valence-electron chi connectivity index (χ0n) is 10.9. The summed E-state index contributed by atoms with van der Waals surface area (Å²) in [5.41, 5.74) is 1.82. The number of rotatable bonds is 4. The van der Waals surface area contributed by atoms with Crippen LogP contribution in [0, 0.1) is 17.1 Å². The van der Waals surface area contributed by atoms with E-state index in [9.17, 15) is 9.18 Å². The molecule has 20 heavy (non-hydrogen) atoms. The highest BCUT2D eigenvalue weighted by Crippen LogP contribution is 2.38. The maximum absolute atomic E-state index is 13.5. The number of carboxylic acid groups (broad SMARTS) is 1. The van der Waals surface area contributed by atoms with E-state index in [0.717, 1.165) is 17.5 Å². The molecule has 2 N–H and O–H groups in total. The molecule has 2 unspecified atom stereocenters. The monoisotopic (exact) mass is 274 g/mol. The first-order valence-corrected chi connectivity index (χ1v) is 6.40. The smallest absolute Gasteiger partial charge is 0.405 e. The van der Waals surface area contributed by atoms with Crippen molar-refractivity contribution in [1.82, 2.24) is 5.32 Å². The molecule has 1 aliphatic carbocycles. The van der Waals surface area contributed by atoms with Gasteiger partial charge in [-0.2, -0.15) is 5.26 Å². The largest absolute Gasteiger partial charge is 0.465 e. The molecule has 0 spiro atoms. The number of nitrogens with one attached hydrogen (secondary N) is 1. The van der Waals surface area contributed by atoms with Crippen molar-refractivity contribution in [2.75, 3.05) is 0 Å². The van der Waals surface area contributed by atoms with Crippen molar-refractivity contribution < 1.29 is 14.3 Å². The van der Waals surface area contributed by atoms with E-state index in [-0.39, 0.29) is 17.5 Å². The Hall–Kier alpha value is -2.35. The molecule has 1 aromatic carbocycles. The minimum Gasteiger partial charge on any atom is -0.465 e. The van der Waals surface area contributed by atoms with Gasteiger partial charge in [-0.3, -0.25) is 0 Å². The van der Waals surface area contributed by atoms with Crippen molar-refractivity contribution in [3.8, 4) is 6.07 Å². The summed E-state index contributed by atoms with van der Waals surface area (Å²) in [5.74, 6) is -0.372. The van der Waals surface area contributed by atoms with Gasteiger partial charge < -0.3 is 10.4 Å². The molecule has 1 aliphatic rings. The molecule has 0 heterocycles. The van der Waals surface area contributed by atoms with Gasteiger partial charge in [0.2, 0.25) is 0 Å². The van der Waals surface area contributed by atoms with Crippen molar-refractivity contribution in [2.24, 2.45) is 0 Å². The highest BCUT2D eigenvalue weighted by Gasteiger charge is 2.28. The Kier molecular flexibility index (Phi) is 4.04. The fourth-order valence-corrected chi connectivity index (χ4v) is 2.81. The lowest BCUT2D eigenvalue weighted by atomic mass is 9.92. The SMILES string of the molecule is C=CC(CC1CCc2c1ccc(F)c2C#N)NC(=O)O. The van der Waals surface area contributed by atoms with Gasteiger partial charge in [0.05, 0.1) is 11.6 Å². The van der Waals surface area contributed by atoms with Crippen molar-refractivity contribution >= 4 is 6.09 Å². The van der Waals surface area contributed by atoms with E-state index < -0.39 is 11.9 Å². The van der Waals surface area contributed by atoms with Gasteiger partial charge in [-0.25, -0.2) is 9.18 Å². The van der Waals surface area contributed by atoms with Crippen LogP contribution in [0.5, 0.6) is 0 Å². The van der Waals surface area contributed by atoms with E-state index in [0.29, 0.717) is 12.8 Å². The molecule has 0 aromatic heterocycles. The lowest BCUT2D eigenvalue weighted by Crippen LogP contribution is -2.32. The number of fused-ring (bicyclic) bond motifs is 1. The van der Waals surface area contributed by atoms with E-state index >= 15 is 0 Å². The summed E-state index contributed by atoms with van der Waals surface area (Å²) in [6.45, 7) is 3.62.